The van der Waals surface area contributed by atoms with Crippen LogP contribution < -0.4 is 10.6 Å². The lowest BCUT2D eigenvalue weighted by atomic mass is 10.1. The van der Waals surface area contributed by atoms with Crippen LogP contribution >= 0.6 is 35.3 Å². The van der Waals surface area contributed by atoms with Gasteiger partial charge in [-0.3, -0.25) is 9.79 Å². The molecule has 0 aliphatic carbocycles. The average Bonchev–Trinajstić information content (AvgIpc) is 3.03. The first-order chi connectivity index (χ1) is 10.7. The zero-order valence-corrected chi connectivity index (χ0v) is 16.9. The van der Waals surface area contributed by atoms with Gasteiger partial charge in [0.05, 0.1) is 13.1 Å². The Bertz CT molecular complexity index is 514. The minimum atomic E-state index is 0. The Morgan fingerprint density at radius 3 is 2.70 bits per heavy atom. The van der Waals surface area contributed by atoms with Gasteiger partial charge in [-0.1, -0.05) is 6.92 Å². The zero-order valence-electron chi connectivity index (χ0n) is 13.8. The van der Waals surface area contributed by atoms with Crippen LogP contribution in [0.4, 0.5) is 0 Å². The number of hydrogen-bond acceptors (Lipinski definition) is 4. The van der Waals surface area contributed by atoms with Crippen LogP contribution in [-0.2, 0) is 17.8 Å². The summed E-state index contributed by atoms with van der Waals surface area (Å²) in [5.41, 5.74) is 0. The van der Waals surface area contributed by atoms with Gasteiger partial charge in [0, 0.05) is 31.2 Å². The molecular formula is C15H26IN5OS. The zero-order chi connectivity index (χ0) is 15.8. The van der Waals surface area contributed by atoms with E-state index in [0.717, 1.165) is 37.4 Å². The number of likely N-dealkylation sites (tertiary alicyclic amines) is 1. The first kappa shape index (κ1) is 20.1. The van der Waals surface area contributed by atoms with Crippen molar-refractivity contribution < 1.29 is 4.79 Å². The molecule has 2 rings (SSSR count). The van der Waals surface area contributed by atoms with Crippen LogP contribution in [0.25, 0.3) is 0 Å². The fourth-order valence-electron chi connectivity index (χ4n) is 2.39. The van der Waals surface area contributed by atoms with Gasteiger partial charge in [-0.25, -0.2) is 4.98 Å². The van der Waals surface area contributed by atoms with Crippen molar-refractivity contribution in [2.24, 2.45) is 4.99 Å². The number of aryl methyl sites for hydroxylation is 1. The third kappa shape index (κ3) is 6.62. The predicted octanol–water partition coefficient (Wildman–Crippen LogP) is 2.00. The molecule has 0 radical (unpaired) electrons. The van der Waals surface area contributed by atoms with Crippen molar-refractivity contribution in [1.82, 2.24) is 20.5 Å². The quantitative estimate of drug-likeness (QED) is 0.408. The van der Waals surface area contributed by atoms with Gasteiger partial charge in [-0.15, -0.1) is 35.3 Å². The number of guanidine groups is 1. The number of carbonyl (C=O) groups excluding carboxylic acids is 1. The van der Waals surface area contributed by atoms with Gasteiger partial charge in [0.2, 0.25) is 5.91 Å². The number of hydrogen-bond donors (Lipinski definition) is 2. The van der Waals surface area contributed by atoms with Crippen molar-refractivity contribution in [2.45, 2.75) is 39.2 Å². The molecule has 1 aliphatic heterocycles. The van der Waals surface area contributed by atoms with Crippen molar-refractivity contribution in [3.63, 3.8) is 0 Å². The van der Waals surface area contributed by atoms with Crippen molar-refractivity contribution >= 4 is 47.2 Å². The van der Waals surface area contributed by atoms with E-state index in [1.54, 1.807) is 18.4 Å². The predicted molar refractivity (Wildman–Crippen MR) is 106 cm³/mol. The minimum absolute atomic E-state index is 0. The molecule has 1 aromatic rings. The molecule has 0 bridgehead atoms. The summed E-state index contributed by atoms with van der Waals surface area (Å²) < 4.78 is 0. The first-order valence-electron chi connectivity index (χ1n) is 7.88. The molecule has 1 amide bonds. The number of halogens is 1. The van der Waals surface area contributed by atoms with E-state index in [0.29, 0.717) is 12.5 Å². The van der Waals surface area contributed by atoms with Gasteiger partial charge in [0.1, 0.15) is 5.01 Å². The maximum atomic E-state index is 12.1. The van der Waals surface area contributed by atoms with Crippen molar-refractivity contribution in [2.75, 3.05) is 26.7 Å². The van der Waals surface area contributed by atoms with E-state index < -0.39 is 0 Å². The van der Waals surface area contributed by atoms with E-state index in [1.165, 1.54) is 11.3 Å². The monoisotopic (exact) mass is 451 g/mol. The largest absolute Gasteiger partial charge is 0.350 e. The van der Waals surface area contributed by atoms with Crippen LogP contribution in [0, 0.1) is 0 Å². The summed E-state index contributed by atoms with van der Waals surface area (Å²) in [4.78, 5) is 23.8. The number of piperidine rings is 1. The maximum absolute atomic E-state index is 12.1. The molecule has 0 saturated carbocycles. The highest BCUT2D eigenvalue weighted by Gasteiger charge is 2.16. The lowest BCUT2D eigenvalue weighted by molar-refractivity contribution is -0.130. The summed E-state index contributed by atoms with van der Waals surface area (Å²) in [6.45, 7) is 4.80. The molecule has 1 saturated heterocycles. The molecule has 2 heterocycles. The molecule has 1 aromatic heterocycles. The second-order valence-electron chi connectivity index (χ2n) is 5.29. The summed E-state index contributed by atoms with van der Waals surface area (Å²) in [5.74, 6) is 0.781. The van der Waals surface area contributed by atoms with Gasteiger partial charge in [-0.05, 0) is 25.7 Å². The van der Waals surface area contributed by atoms with E-state index in [4.69, 9.17) is 0 Å². The number of rotatable bonds is 5. The van der Waals surface area contributed by atoms with Crippen molar-refractivity contribution in [3.05, 3.63) is 16.1 Å². The molecular weight excluding hydrogens is 425 g/mol. The number of nitrogens with one attached hydrogen (secondary N) is 2. The number of amides is 1. The molecule has 0 spiro atoms. The van der Waals surface area contributed by atoms with E-state index in [9.17, 15) is 4.79 Å². The van der Waals surface area contributed by atoms with E-state index >= 15 is 0 Å². The summed E-state index contributed by atoms with van der Waals surface area (Å²) in [6, 6.07) is 0. The normalized spacial score (nSPS) is 15.0. The molecule has 0 aromatic carbocycles. The Labute approximate surface area is 159 Å². The number of nitrogens with zero attached hydrogens (tertiary/aromatic N) is 3. The van der Waals surface area contributed by atoms with E-state index in [1.807, 2.05) is 11.1 Å². The minimum Gasteiger partial charge on any atom is -0.350 e. The van der Waals surface area contributed by atoms with E-state index in [2.05, 4.69) is 27.5 Å². The SMILES string of the molecule is CCc1cnc(CNC(=NC)NCC(=O)N2CCCCC2)s1.I. The van der Waals surface area contributed by atoms with Gasteiger partial charge in [0.15, 0.2) is 5.96 Å². The molecule has 23 heavy (non-hydrogen) atoms. The molecule has 0 atom stereocenters. The average molecular weight is 451 g/mol. The van der Waals surface area contributed by atoms with Gasteiger partial charge in [-0.2, -0.15) is 0 Å². The molecule has 0 unspecified atom stereocenters. The van der Waals surface area contributed by atoms with Gasteiger partial charge in [0.25, 0.3) is 0 Å². The lowest BCUT2D eigenvalue weighted by Gasteiger charge is -2.27. The Hall–Kier alpha value is -0.900. The Morgan fingerprint density at radius 2 is 2.09 bits per heavy atom. The molecule has 1 aliphatic rings. The Balaban J connectivity index is 0.00000264. The Kier molecular flexibility index (Phi) is 9.46. The van der Waals surface area contributed by atoms with Crippen LogP contribution in [0.3, 0.4) is 0 Å². The number of aromatic nitrogens is 1. The van der Waals surface area contributed by atoms with Gasteiger partial charge >= 0.3 is 0 Å². The lowest BCUT2D eigenvalue weighted by Crippen LogP contribution is -2.45. The summed E-state index contributed by atoms with van der Waals surface area (Å²) in [7, 11) is 1.71. The number of carbonyl (C=O) groups is 1. The molecule has 130 valence electrons. The summed E-state index contributed by atoms with van der Waals surface area (Å²) in [5, 5.41) is 7.31. The summed E-state index contributed by atoms with van der Waals surface area (Å²) >= 11 is 1.70. The molecule has 8 heteroatoms. The van der Waals surface area contributed by atoms with Crippen molar-refractivity contribution in [1.29, 1.82) is 0 Å². The highest BCUT2D eigenvalue weighted by atomic mass is 127. The number of thiazole rings is 1. The maximum Gasteiger partial charge on any atom is 0.241 e. The summed E-state index contributed by atoms with van der Waals surface area (Å²) in [6.07, 6.45) is 6.38. The van der Waals surface area contributed by atoms with Crippen LogP contribution in [-0.4, -0.2) is 48.4 Å². The van der Waals surface area contributed by atoms with Gasteiger partial charge < -0.3 is 15.5 Å². The standard InChI is InChI=1S/C15H25N5OS.HI/c1-3-12-9-17-13(22-12)10-18-15(16-2)19-11-14(21)20-7-5-4-6-8-20;/h9H,3-8,10-11H2,1-2H3,(H2,16,18,19);1H. The molecule has 2 N–H and O–H groups in total. The first-order valence-corrected chi connectivity index (χ1v) is 8.70. The molecule has 6 nitrogen and oxygen atoms in total. The fourth-order valence-corrected chi connectivity index (χ4v) is 3.19. The third-order valence-corrected chi connectivity index (χ3v) is 4.84. The molecule has 1 fully saturated rings. The second kappa shape index (κ2) is 10.8. The van der Waals surface area contributed by atoms with Crippen LogP contribution in [0.15, 0.2) is 11.2 Å². The highest BCUT2D eigenvalue weighted by molar-refractivity contribution is 14.0. The topological polar surface area (TPSA) is 69.6 Å². The van der Waals surface area contributed by atoms with Crippen LogP contribution in [0.1, 0.15) is 36.1 Å². The fraction of sp³-hybridized carbons (Fsp3) is 0.667. The number of aliphatic imine (C=N–C) groups is 1. The third-order valence-electron chi connectivity index (χ3n) is 3.70. The highest BCUT2D eigenvalue weighted by Crippen LogP contribution is 2.12. The Morgan fingerprint density at radius 1 is 1.35 bits per heavy atom. The van der Waals surface area contributed by atoms with E-state index in [-0.39, 0.29) is 36.4 Å². The van der Waals surface area contributed by atoms with Crippen molar-refractivity contribution in [3.8, 4) is 0 Å². The second-order valence-corrected chi connectivity index (χ2v) is 6.49. The van der Waals surface area contributed by atoms with Crippen LogP contribution in [0.2, 0.25) is 0 Å². The smallest absolute Gasteiger partial charge is 0.241 e. The van der Waals surface area contributed by atoms with Crippen LogP contribution in [0.5, 0.6) is 0 Å².